The average Bonchev–Trinajstić information content (AvgIpc) is 3.11. The number of rotatable bonds is 5. The molecule has 24 heavy (non-hydrogen) atoms. The van der Waals surface area contributed by atoms with Crippen molar-refractivity contribution < 1.29 is 14.4 Å². The Morgan fingerprint density at radius 1 is 1.46 bits per heavy atom. The third-order valence-corrected chi connectivity index (χ3v) is 4.65. The minimum absolute atomic E-state index is 0.106. The van der Waals surface area contributed by atoms with Gasteiger partial charge in [0.2, 0.25) is 6.10 Å². The van der Waals surface area contributed by atoms with Crippen molar-refractivity contribution in [3.05, 3.63) is 30.1 Å². The number of pyridine rings is 1. The number of hydrogen-bond donors (Lipinski definition) is 1. The van der Waals surface area contributed by atoms with Gasteiger partial charge in [0.15, 0.2) is 0 Å². The van der Waals surface area contributed by atoms with Gasteiger partial charge < -0.3 is 14.9 Å². The molecule has 2 aliphatic heterocycles. The zero-order chi connectivity index (χ0) is 16.9. The second kappa shape index (κ2) is 7.75. The van der Waals surface area contributed by atoms with Crippen molar-refractivity contribution in [3.8, 4) is 0 Å². The van der Waals surface area contributed by atoms with Crippen LogP contribution < -0.4 is 5.32 Å². The van der Waals surface area contributed by atoms with Crippen LogP contribution in [0.2, 0.25) is 0 Å². The van der Waals surface area contributed by atoms with E-state index in [-0.39, 0.29) is 12.0 Å². The first-order chi connectivity index (χ1) is 11.6. The Morgan fingerprint density at radius 3 is 3.08 bits per heavy atom. The fourth-order valence-electron chi connectivity index (χ4n) is 3.39. The van der Waals surface area contributed by atoms with Crippen molar-refractivity contribution in [2.75, 3.05) is 13.2 Å². The Morgan fingerprint density at radius 2 is 2.33 bits per heavy atom. The van der Waals surface area contributed by atoms with Crippen molar-refractivity contribution in [3.63, 3.8) is 0 Å². The van der Waals surface area contributed by atoms with E-state index in [4.69, 9.17) is 9.57 Å². The van der Waals surface area contributed by atoms with Gasteiger partial charge in [-0.1, -0.05) is 19.0 Å². The van der Waals surface area contributed by atoms with Crippen LogP contribution in [0.5, 0.6) is 0 Å². The molecule has 1 aromatic heterocycles. The molecule has 1 saturated heterocycles. The molecule has 1 amide bonds. The van der Waals surface area contributed by atoms with E-state index >= 15 is 0 Å². The molecule has 3 heterocycles. The number of nitrogens with one attached hydrogen (secondary N) is 1. The van der Waals surface area contributed by atoms with E-state index in [2.05, 4.69) is 29.3 Å². The molecule has 0 saturated carbocycles. The lowest BCUT2D eigenvalue weighted by atomic mass is 9.87. The van der Waals surface area contributed by atoms with Crippen LogP contribution in [0.1, 0.15) is 38.7 Å². The van der Waals surface area contributed by atoms with Gasteiger partial charge in [-0.2, -0.15) is 0 Å². The molecule has 0 radical (unpaired) electrons. The van der Waals surface area contributed by atoms with Crippen LogP contribution in [0.4, 0.5) is 0 Å². The highest BCUT2D eigenvalue weighted by atomic mass is 16.6. The number of carbonyl (C=O) groups excluding carboxylic acids is 1. The molecule has 0 unspecified atom stereocenters. The molecule has 6 nitrogen and oxygen atoms in total. The summed E-state index contributed by atoms with van der Waals surface area (Å²) in [5.74, 6) is 0.712. The molecule has 130 valence electrons. The molecule has 1 fully saturated rings. The molecular formula is C18H25N3O3. The van der Waals surface area contributed by atoms with Crippen LogP contribution >= 0.6 is 0 Å². The number of amides is 1. The zero-order valence-electron chi connectivity index (χ0n) is 14.3. The molecule has 3 atom stereocenters. The third kappa shape index (κ3) is 3.93. The average molecular weight is 331 g/mol. The summed E-state index contributed by atoms with van der Waals surface area (Å²) in [6.07, 6.45) is 5.72. The Kier molecular flexibility index (Phi) is 5.45. The second-order valence-electron chi connectivity index (χ2n) is 6.80. The van der Waals surface area contributed by atoms with Crippen LogP contribution in [-0.2, 0) is 14.4 Å². The lowest BCUT2D eigenvalue weighted by Gasteiger charge is -2.34. The van der Waals surface area contributed by atoms with E-state index in [0.29, 0.717) is 24.8 Å². The number of nitrogens with zero attached hydrogens (tertiary/aromatic N) is 2. The van der Waals surface area contributed by atoms with Crippen molar-refractivity contribution in [2.45, 2.75) is 45.3 Å². The topological polar surface area (TPSA) is 72.8 Å². The standard InChI is InChI=1S/C18H25N3O3/c1-12(2)17-14(6-4-8-23-17)11-20-18(22)16-9-15(21-24-16)13-5-3-7-19-10-13/h3,5,7,10,12,14,16-17H,4,6,8-9,11H2,1-2H3,(H,20,22)/t14-,16+,17-/m0/s1. The summed E-state index contributed by atoms with van der Waals surface area (Å²) in [7, 11) is 0. The maximum absolute atomic E-state index is 12.4. The molecule has 0 aliphatic carbocycles. The number of aromatic nitrogens is 1. The van der Waals surface area contributed by atoms with Crippen molar-refractivity contribution >= 4 is 11.6 Å². The smallest absolute Gasteiger partial charge is 0.264 e. The summed E-state index contributed by atoms with van der Waals surface area (Å²) in [5.41, 5.74) is 1.66. The second-order valence-corrected chi connectivity index (χ2v) is 6.80. The first-order valence-corrected chi connectivity index (χ1v) is 8.67. The number of oxime groups is 1. The van der Waals surface area contributed by atoms with E-state index in [1.54, 1.807) is 12.4 Å². The molecule has 3 rings (SSSR count). The Hall–Kier alpha value is -1.95. The molecule has 0 spiro atoms. The summed E-state index contributed by atoms with van der Waals surface area (Å²) < 4.78 is 5.87. The first kappa shape index (κ1) is 16.9. The van der Waals surface area contributed by atoms with E-state index in [1.807, 2.05) is 12.1 Å². The van der Waals surface area contributed by atoms with Gasteiger partial charge in [0.05, 0.1) is 11.8 Å². The van der Waals surface area contributed by atoms with Crippen molar-refractivity contribution in [1.82, 2.24) is 10.3 Å². The summed E-state index contributed by atoms with van der Waals surface area (Å²) >= 11 is 0. The lowest BCUT2D eigenvalue weighted by Crippen LogP contribution is -2.44. The molecule has 2 aliphatic rings. The predicted octanol–water partition coefficient (Wildman–Crippen LogP) is 2.14. The molecule has 0 bridgehead atoms. The molecule has 1 aromatic rings. The van der Waals surface area contributed by atoms with Crippen LogP contribution in [0, 0.1) is 11.8 Å². The molecule has 0 aromatic carbocycles. The Bertz CT molecular complexity index is 588. The maximum Gasteiger partial charge on any atom is 0.264 e. The highest BCUT2D eigenvalue weighted by Crippen LogP contribution is 2.26. The summed E-state index contributed by atoms with van der Waals surface area (Å²) in [6.45, 7) is 5.78. The van der Waals surface area contributed by atoms with Gasteiger partial charge in [-0.15, -0.1) is 0 Å². The normalized spacial score (nSPS) is 26.8. The highest BCUT2D eigenvalue weighted by Gasteiger charge is 2.32. The zero-order valence-corrected chi connectivity index (χ0v) is 14.3. The highest BCUT2D eigenvalue weighted by molar-refractivity contribution is 6.03. The van der Waals surface area contributed by atoms with Gasteiger partial charge in [0.1, 0.15) is 0 Å². The van der Waals surface area contributed by atoms with Crippen molar-refractivity contribution in [2.24, 2.45) is 17.0 Å². The van der Waals surface area contributed by atoms with E-state index < -0.39 is 6.10 Å². The van der Waals surface area contributed by atoms with Gasteiger partial charge in [0, 0.05) is 43.4 Å². The first-order valence-electron chi connectivity index (χ1n) is 8.67. The molecule has 1 N–H and O–H groups in total. The van der Waals surface area contributed by atoms with E-state index in [1.165, 1.54) is 0 Å². The summed E-state index contributed by atoms with van der Waals surface area (Å²) in [6, 6.07) is 3.77. The fraction of sp³-hybridized carbons (Fsp3) is 0.611. The molecule has 6 heteroatoms. The van der Waals surface area contributed by atoms with E-state index in [0.717, 1.165) is 30.7 Å². The fourth-order valence-corrected chi connectivity index (χ4v) is 3.39. The van der Waals surface area contributed by atoms with Gasteiger partial charge in [0.25, 0.3) is 5.91 Å². The maximum atomic E-state index is 12.4. The quantitative estimate of drug-likeness (QED) is 0.897. The van der Waals surface area contributed by atoms with Gasteiger partial charge in [-0.3, -0.25) is 9.78 Å². The number of hydrogen-bond acceptors (Lipinski definition) is 5. The largest absolute Gasteiger partial charge is 0.382 e. The van der Waals surface area contributed by atoms with Crippen LogP contribution in [0.15, 0.2) is 29.7 Å². The minimum atomic E-state index is -0.554. The van der Waals surface area contributed by atoms with Crippen molar-refractivity contribution in [1.29, 1.82) is 0 Å². The Balaban J connectivity index is 1.50. The minimum Gasteiger partial charge on any atom is -0.382 e. The number of ether oxygens (including phenoxy) is 1. The van der Waals surface area contributed by atoms with Crippen LogP contribution in [0.25, 0.3) is 0 Å². The monoisotopic (exact) mass is 331 g/mol. The summed E-state index contributed by atoms with van der Waals surface area (Å²) in [5, 5.41) is 7.06. The SMILES string of the molecule is CC(C)[C@@H]1OCCC[C@H]1CNC(=O)[C@H]1CC(c2cccnc2)=NO1. The van der Waals surface area contributed by atoms with Crippen LogP contribution in [0.3, 0.4) is 0 Å². The van der Waals surface area contributed by atoms with Gasteiger partial charge in [-0.05, 0) is 30.9 Å². The summed E-state index contributed by atoms with van der Waals surface area (Å²) in [4.78, 5) is 21.8. The lowest BCUT2D eigenvalue weighted by molar-refractivity contribution is -0.132. The number of carbonyl (C=O) groups is 1. The van der Waals surface area contributed by atoms with Crippen LogP contribution in [-0.4, -0.2) is 42.0 Å². The van der Waals surface area contributed by atoms with Gasteiger partial charge >= 0.3 is 0 Å². The molecular weight excluding hydrogens is 306 g/mol. The Labute approximate surface area is 142 Å². The predicted molar refractivity (Wildman–Crippen MR) is 90.6 cm³/mol. The van der Waals surface area contributed by atoms with Gasteiger partial charge in [-0.25, -0.2) is 0 Å². The third-order valence-electron chi connectivity index (χ3n) is 4.65. The van der Waals surface area contributed by atoms with E-state index in [9.17, 15) is 4.79 Å².